The molecular weight excluding hydrogens is 498 g/mol. The molecule has 1 atom stereocenters. The molecule has 2 aromatic rings. The first-order valence-corrected chi connectivity index (χ1v) is 15.2. The molecule has 1 aromatic heterocycles. The van der Waals surface area contributed by atoms with Crippen LogP contribution in [0.25, 0.3) is 0 Å². The molecule has 8 nitrogen and oxygen atoms in total. The van der Waals surface area contributed by atoms with E-state index in [-0.39, 0.29) is 17.1 Å². The highest BCUT2D eigenvalue weighted by Crippen LogP contribution is 2.47. The molecule has 1 amide bonds. The number of hydrogen-bond donors (Lipinski definition) is 1. The lowest BCUT2D eigenvalue weighted by molar-refractivity contribution is -0.136. The monoisotopic (exact) mass is 535 g/mol. The second-order valence-electron chi connectivity index (χ2n) is 10.4. The predicted molar refractivity (Wildman–Crippen MR) is 141 cm³/mol. The Morgan fingerprint density at radius 3 is 2.47 bits per heavy atom. The summed E-state index contributed by atoms with van der Waals surface area (Å²) in [7, 11) is -3.56. The standard InChI is InChI=1S/C26H38ClN5O3S/c1-2-16-36(34,35)30-24(17-21-8-10-23(27)11-9-21)25(33)31-14-12-26(13-15-31,18-32-20-28-19-29-32)22-6-4-3-5-7-22/h8-11,19-20,22,24,30H,2-7,12-18H2,1H3/t24-/m0/s1. The number of amides is 1. The molecule has 1 saturated heterocycles. The van der Waals surface area contributed by atoms with Gasteiger partial charge in [0.25, 0.3) is 0 Å². The van der Waals surface area contributed by atoms with Gasteiger partial charge in [-0.1, -0.05) is 49.9 Å². The number of carbonyl (C=O) groups is 1. The third-order valence-corrected chi connectivity index (χ3v) is 9.77. The van der Waals surface area contributed by atoms with E-state index in [1.54, 1.807) is 24.8 Å². The van der Waals surface area contributed by atoms with Crippen molar-refractivity contribution in [2.45, 2.75) is 77.3 Å². The summed E-state index contributed by atoms with van der Waals surface area (Å²) in [6, 6.07) is 6.39. The average Bonchev–Trinajstić information content (AvgIpc) is 3.38. The van der Waals surface area contributed by atoms with Crippen LogP contribution in [0.4, 0.5) is 0 Å². The minimum Gasteiger partial charge on any atom is -0.341 e. The highest BCUT2D eigenvalue weighted by atomic mass is 35.5. The molecule has 2 fully saturated rings. The van der Waals surface area contributed by atoms with Gasteiger partial charge in [0.2, 0.25) is 15.9 Å². The topological polar surface area (TPSA) is 97.2 Å². The van der Waals surface area contributed by atoms with Crippen LogP contribution in [0.1, 0.15) is 63.9 Å². The van der Waals surface area contributed by atoms with Gasteiger partial charge in [-0.3, -0.25) is 9.48 Å². The van der Waals surface area contributed by atoms with Gasteiger partial charge in [-0.15, -0.1) is 0 Å². The number of nitrogens with one attached hydrogen (secondary N) is 1. The van der Waals surface area contributed by atoms with Crippen LogP contribution in [0.3, 0.4) is 0 Å². The first kappa shape index (κ1) is 27.1. The highest BCUT2D eigenvalue weighted by Gasteiger charge is 2.44. The summed E-state index contributed by atoms with van der Waals surface area (Å²) in [5.74, 6) is 0.461. The van der Waals surface area contributed by atoms with E-state index in [0.717, 1.165) is 24.9 Å². The van der Waals surface area contributed by atoms with Gasteiger partial charge in [0.05, 0.1) is 5.75 Å². The Morgan fingerprint density at radius 2 is 1.86 bits per heavy atom. The number of benzene rings is 1. The van der Waals surface area contributed by atoms with Crippen LogP contribution >= 0.6 is 11.6 Å². The van der Waals surface area contributed by atoms with Crippen molar-refractivity contribution in [1.29, 1.82) is 0 Å². The van der Waals surface area contributed by atoms with Crippen LogP contribution in [0.15, 0.2) is 36.9 Å². The summed E-state index contributed by atoms with van der Waals surface area (Å²) in [4.78, 5) is 19.7. The summed E-state index contributed by atoms with van der Waals surface area (Å²) >= 11 is 6.02. The van der Waals surface area contributed by atoms with Crippen LogP contribution in [0, 0.1) is 11.3 Å². The van der Waals surface area contributed by atoms with E-state index in [2.05, 4.69) is 14.8 Å². The number of hydrogen-bond acceptors (Lipinski definition) is 5. The summed E-state index contributed by atoms with van der Waals surface area (Å²) in [6.07, 6.45) is 12.2. The maximum atomic E-state index is 13.7. The molecule has 0 radical (unpaired) electrons. The van der Waals surface area contributed by atoms with Crippen molar-refractivity contribution >= 4 is 27.5 Å². The Hall–Kier alpha value is -1.97. The van der Waals surface area contributed by atoms with Gasteiger partial charge >= 0.3 is 0 Å². The maximum absolute atomic E-state index is 13.7. The van der Waals surface area contributed by atoms with Gasteiger partial charge in [0, 0.05) is 24.7 Å². The number of likely N-dealkylation sites (tertiary alicyclic amines) is 1. The third kappa shape index (κ3) is 6.86. The summed E-state index contributed by atoms with van der Waals surface area (Å²) in [6.45, 7) is 3.88. The van der Waals surface area contributed by atoms with E-state index >= 15 is 0 Å². The zero-order valence-corrected chi connectivity index (χ0v) is 22.7. The molecule has 0 spiro atoms. The van der Waals surface area contributed by atoms with Crippen molar-refractivity contribution in [1.82, 2.24) is 24.4 Å². The molecule has 1 saturated carbocycles. The van der Waals surface area contributed by atoms with Crippen LogP contribution in [-0.2, 0) is 27.8 Å². The van der Waals surface area contributed by atoms with Gasteiger partial charge in [0.1, 0.15) is 18.7 Å². The van der Waals surface area contributed by atoms with E-state index in [1.165, 1.54) is 32.1 Å². The SMILES string of the molecule is CCCS(=O)(=O)N[C@@H](Cc1ccc(Cl)cc1)C(=O)N1CCC(Cn2cncn2)(C2CCCCC2)CC1. The maximum Gasteiger partial charge on any atom is 0.241 e. The Bertz CT molecular complexity index is 1080. The normalized spacial score (nSPS) is 19.8. The summed E-state index contributed by atoms with van der Waals surface area (Å²) in [5, 5.41) is 4.99. The smallest absolute Gasteiger partial charge is 0.241 e. The molecule has 1 aliphatic heterocycles. The molecule has 2 heterocycles. The molecule has 1 N–H and O–H groups in total. The van der Waals surface area contributed by atoms with Crippen LogP contribution in [0.2, 0.25) is 5.02 Å². The molecule has 10 heteroatoms. The Kier molecular flexibility index (Phi) is 9.06. The molecular formula is C26H38ClN5O3S. The van der Waals surface area contributed by atoms with E-state index in [1.807, 2.05) is 28.6 Å². The lowest BCUT2D eigenvalue weighted by atomic mass is 9.63. The number of halogens is 1. The molecule has 1 aliphatic carbocycles. The minimum absolute atomic E-state index is 0.0000939. The van der Waals surface area contributed by atoms with Crippen molar-refractivity contribution in [3.05, 3.63) is 47.5 Å². The summed E-state index contributed by atoms with van der Waals surface area (Å²) < 4.78 is 29.9. The van der Waals surface area contributed by atoms with Gasteiger partial charge in [-0.05, 0) is 67.6 Å². The quantitative estimate of drug-likeness (QED) is 0.495. The third-order valence-electron chi connectivity index (χ3n) is 7.93. The average molecular weight is 536 g/mol. The molecule has 0 unspecified atom stereocenters. The van der Waals surface area contributed by atoms with Gasteiger partial charge in [0.15, 0.2) is 0 Å². The molecule has 1 aromatic carbocycles. The van der Waals surface area contributed by atoms with Crippen LogP contribution in [0.5, 0.6) is 0 Å². The second-order valence-corrected chi connectivity index (χ2v) is 12.7. The van der Waals surface area contributed by atoms with E-state index < -0.39 is 16.1 Å². The van der Waals surface area contributed by atoms with E-state index in [4.69, 9.17) is 11.6 Å². The number of piperidine rings is 1. The van der Waals surface area contributed by atoms with Crippen molar-refractivity contribution < 1.29 is 13.2 Å². The Labute approximate surface area is 219 Å². The molecule has 36 heavy (non-hydrogen) atoms. The van der Waals surface area contributed by atoms with E-state index in [9.17, 15) is 13.2 Å². The largest absolute Gasteiger partial charge is 0.341 e. The fourth-order valence-corrected chi connectivity index (χ4v) is 7.42. The highest BCUT2D eigenvalue weighted by molar-refractivity contribution is 7.89. The molecule has 198 valence electrons. The van der Waals surface area contributed by atoms with Gasteiger partial charge in [-0.25, -0.2) is 18.1 Å². The molecule has 0 bridgehead atoms. The van der Waals surface area contributed by atoms with Gasteiger partial charge in [-0.2, -0.15) is 5.10 Å². The van der Waals surface area contributed by atoms with Crippen molar-refractivity contribution in [3.63, 3.8) is 0 Å². The van der Waals surface area contributed by atoms with Crippen LogP contribution in [-0.4, -0.2) is 58.9 Å². The van der Waals surface area contributed by atoms with E-state index in [0.29, 0.717) is 36.9 Å². The zero-order valence-electron chi connectivity index (χ0n) is 21.1. The lowest BCUT2D eigenvalue weighted by Gasteiger charge is -2.48. The number of aromatic nitrogens is 3. The van der Waals surface area contributed by atoms with Crippen LogP contribution < -0.4 is 4.72 Å². The number of rotatable bonds is 10. The predicted octanol–water partition coefficient (Wildman–Crippen LogP) is 4.06. The fraction of sp³-hybridized carbons (Fsp3) is 0.654. The Morgan fingerprint density at radius 1 is 1.17 bits per heavy atom. The molecule has 4 rings (SSSR count). The first-order valence-electron chi connectivity index (χ1n) is 13.2. The number of sulfonamides is 1. The number of nitrogens with zero attached hydrogens (tertiary/aromatic N) is 4. The first-order chi connectivity index (χ1) is 17.3. The molecule has 2 aliphatic rings. The summed E-state index contributed by atoms with van der Waals surface area (Å²) in [5.41, 5.74) is 0.954. The van der Waals surface area contributed by atoms with Crippen molar-refractivity contribution in [3.8, 4) is 0 Å². The fourth-order valence-electron chi connectivity index (χ4n) is 6.02. The van der Waals surface area contributed by atoms with Crippen molar-refractivity contribution in [2.24, 2.45) is 11.3 Å². The Balaban J connectivity index is 1.50. The van der Waals surface area contributed by atoms with Crippen molar-refractivity contribution in [2.75, 3.05) is 18.8 Å². The zero-order chi connectivity index (χ0) is 25.6. The van der Waals surface area contributed by atoms with Gasteiger partial charge < -0.3 is 4.90 Å². The minimum atomic E-state index is -3.56. The number of carbonyl (C=O) groups excluding carboxylic acids is 1. The lowest BCUT2D eigenvalue weighted by Crippen LogP contribution is -2.54. The second kappa shape index (κ2) is 12.0.